The number of halogens is 2. The van der Waals surface area contributed by atoms with Gasteiger partial charge < -0.3 is 9.80 Å². The highest BCUT2D eigenvalue weighted by Crippen LogP contribution is 2.26. The topological polar surface area (TPSA) is 69.7 Å². The van der Waals surface area contributed by atoms with Crippen LogP contribution in [-0.4, -0.2) is 57.4 Å². The number of benzene rings is 2. The molecule has 3 rings (SSSR count). The second-order valence-corrected chi connectivity index (χ2v) is 9.71. The SMILES string of the molecule is CN1CCC(N(C)C(=O)c2cccc(NS(=O)(=O)c3ccc(Cl)c(Cl)c3)c2)CC1. The van der Waals surface area contributed by atoms with Crippen LogP contribution in [0, 0.1) is 0 Å². The number of carbonyl (C=O) groups is 1. The van der Waals surface area contributed by atoms with Gasteiger partial charge in [0.05, 0.1) is 14.9 Å². The van der Waals surface area contributed by atoms with Crippen molar-refractivity contribution in [2.75, 3.05) is 31.9 Å². The smallest absolute Gasteiger partial charge is 0.261 e. The second kappa shape index (κ2) is 8.92. The Morgan fingerprint density at radius 3 is 2.45 bits per heavy atom. The average Bonchev–Trinajstić information content (AvgIpc) is 2.69. The molecule has 1 saturated heterocycles. The molecule has 2 aromatic rings. The molecule has 6 nitrogen and oxygen atoms in total. The number of rotatable bonds is 5. The van der Waals surface area contributed by atoms with Crippen LogP contribution in [0.25, 0.3) is 0 Å². The molecule has 1 aliphatic rings. The van der Waals surface area contributed by atoms with E-state index < -0.39 is 10.0 Å². The van der Waals surface area contributed by atoms with E-state index in [1.807, 2.05) is 0 Å². The maximum atomic E-state index is 12.9. The molecule has 1 fully saturated rings. The van der Waals surface area contributed by atoms with Crippen LogP contribution in [0.1, 0.15) is 23.2 Å². The molecular formula is C20H23Cl2N3O3S. The normalized spacial score (nSPS) is 15.9. The third-order valence-electron chi connectivity index (χ3n) is 5.12. The molecule has 1 heterocycles. The van der Waals surface area contributed by atoms with Crippen LogP contribution in [0.4, 0.5) is 5.69 Å². The maximum Gasteiger partial charge on any atom is 0.261 e. The summed E-state index contributed by atoms with van der Waals surface area (Å²) < 4.78 is 27.8. The van der Waals surface area contributed by atoms with E-state index in [-0.39, 0.29) is 26.9 Å². The van der Waals surface area contributed by atoms with Gasteiger partial charge in [0.2, 0.25) is 0 Å². The number of nitrogens with zero attached hydrogens (tertiary/aromatic N) is 2. The first-order valence-electron chi connectivity index (χ1n) is 9.21. The van der Waals surface area contributed by atoms with E-state index in [0.717, 1.165) is 25.9 Å². The summed E-state index contributed by atoms with van der Waals surface area (Å²) in [6, 6.07) is 10.7. The Bertz CT molecular complexity index is 1010. The zero-order valence-electron chi connectivity index (χ0n) is 16.2. The van der Waals surface area contributed by atoms with Crippen LogP contribution < -0.4 is 4.72 Å². The summed E-state index contributed by atoms with van der Waals surface area (Å²) in [7, 11) is 0.00200. The molecule has 0 aromatic heterocycles. The Balaban J connectivity index is 1.76. The molecule has 2 aromatic carbocycles. The fourth-order valence-electron chi connectivity index (χ4n) is 3.33. The lowest BCUT2D eigenvalue weighted by Crippen LogP contribution is -2.44. The lowest BCUT2D eigenvalue weighted by atomic mass is 10.0. The third-order valence-corrected chi connectivity index (χ3v) is 7.24. The number of sulfonamides is 1. The van der Waals surface area contributed by atoms with Gasteiger partial charge in [0.15, 0.2) is 0 Å². The summed E-state index contributed by atoms with van der Waals surface area (Å²) in [5, 5.41) is 0.424. The lowest BCUT2D eigenvalue weighted by Gasteiger charge is -2.35. The molecule has 0 bridgehead atoms. The minimum Gasteiger partial charge on any atom is -0.339 e. The first-order valence-corrected chi connectivity index (χ1v) is 11.4. The van der Waals surface area contributed by atoms with Crippen LogP contribution in [0.2, 0.25) is 10.0 Å². The number of amides is 1. The van der Waals surface area contributed by atoms with Gasteiger partial charge in [0.25, 0.3) is 15.9 Å². The van der Waals surface area contributed by atoms with Gasteiger partial charge in [0, 0.05) is 24.3 Å². The molecule has 1 amide bonds. The predicted molar refractivity (Wildman–Crippen MR) is 116 cm³/mol. The maximum absolute atomic E-state index is 12.9. The van der Waals surface area contributed by atoms with Crippen LogP contribution in [-0.2, 0) is 10.0 Å². The molecule has 0 unspecified atom stereocenters. The van der Waals surface area contributed by atoms with Crippen molar-refractivity contribution < 1.29 is 13.2 Å². The van der Waals surface area contributed by atoms with Crippen LogP contribution >= 0.6 is 23.2 Å². The Hall–Kier alpha value is -1.80. The van der Waals surface area contributed by atoms with Gasteiger partial charge in [-0.1, -0.05) is 29.3 Å². The third kappa shape index (κ3) is 5.22. The van der Waals surface area contributed by atoms with Gasteiger partial charge in [-0.3, -0.25) is 9.52 Å². The zero-order valence-corrected chi connectivity index (χ0v) is 18.6. The van der Waals surface area contributed by atoms with Gasteiger partial charge in [-0.15, -0.1) is 0 Å². The van der Waals surface area contributed by atoms with E-state index in [2.05, 4.69) is 16.7 Å². The molecule has 0 spiro atoms. The number of anilines is 1. The van der Waals surface area contributed by atoms with Crippen LogP contribution in [0.5, 0.6) is 0 Å². The van der Waals surface area contributed by atoms with Crippen molar-refractivity contribution in [2.24, 2.45) is 0 Å². The summed E-state index contributed by atoms with van der Waals surface area (Å²) in [4.78, 5) is 16.9. The van der Waals surface area contributed by atoms with Crippen LogP contribution in [0.3, 0.4) is 0 Å². The molecule has 0 radical (unpaired) electrons. The van der Waals surface area contributed by atoms with Crippen molar-refractivity contribution in [3.05, 3.63) is 58.1 Å². The molecule has 29 heavy (non-hydrogen) atoms. The van der Waals surface area contributed by atoms with Crippen molar-refractivity contribution in [2.45, 2.75) is 23.8 Å². The van der Waals surface area contributed by atoms with Gasteiger partial charge >= 0.3 is 0 Å². The summed E-state index contributed by atoms with van der Waals surface area (Å²) in [5.74, 6) is -0.130. The van der Waals surface area contributed by atoms with Crippen LogP contribution in [0.15, 0.2) is 47.4 Å². The largest absolute Gasteiger partial charge is 0.339 e. The Kier molecular flexibility index (Phi) is 6.73. The lowest BCUT2D eigenvalue weighted by molar-refractivity contribution is 0.0659. The number of hydrogen-bond acceptors (Lipinski definition) is 4. The average molecular weight is 456 g/mol. The Morgan fingerprint density at radius 2 is 1.79 bits per heavy atom. The standard InChI is InChI=1S/C20H23Cl2N3O3S/c1-24-10-8-16(9-11-24)25(2)20(26)14-4-3-5-15(12-14)23-29(27,28)17-6-7-18(21)19(22)13-17/h3-7,12-13,16,23H,8-11H2,1-2H3. The minimum absolute atomic E-state index is 0.00734. The predicted octanol–water partition coefficient (Wildman–Crippen LogP) is 3.96. The van der Waals surface area contributed by atoms with E-state index >= 15 is 0 Å². The molecule has 0 saturated carbocycles. The molecule has 1 N–H and O–H groups in total. The first-order chi connectivity index (χ1) is 13.7. The van der Waals surface area contributed by atoms with E-state index in [9.17, 15) is 13.2 Å². The zero-order chi connectivity index (χ0) is 21.2. The molecule has 156 valence electrons. The van der Waals surface area contributed by atoms with Crippen molar-refractivity contribution in [3.63, 3.8) is 0 Å². The van der Waals surface area contributed by atoms with Gasteiger partial charge in [0.1, 0.15) is 0 Å². The van der Waals surface area contributed by atoms with E-state index in [4.69, 9.17) is 23.2 Å². The highest BCUT2D eigenvalue weighted by atomic mass is 35.5. The van der Waals surface area contributed by atoms with E-state index in [1.54, 1.807) is 36.2 Å². The first kappa shape index (κ1) is 21.9. The van der Waals surface area contributed by atoms with Crippen molar-refractivity contribution in [1.29, 1.82) is 0 Å². The van der Waals surface area contributed by atoms with Crippen molar-refractivity contribution in [3.8, 4) is 0 Å². The highest BCUT2D eigenvalue weighted by Gasteiger charge is 2.25. The Labute approximate surface area is 181 Å². The molecule has 1 aliphatic heterocycles. The number of hydrogen-bond donors (Lipinski definition) is 1. The number of nitrogens with one attached hydrogen (secondary N) is 1. The fourth-order valence-corrected chi connectivity index (χ4v) is 4.76. The monoisotopic (exact) mass is 455 g/mol. The summed E-state index contributed by atoms with van der Waals surface area (Å²) in [6.45, 7) is 1.90. The second-order valence-electron chi connectivity index (χ2n) is 7.21. The van der Waals surface area contributed by atoms with Gasteiger partial charge in [-0.05, 0) is 69.4 Å². The summed E-state index contributed by atoms with van der Waals surface area (Å²) in [6.07, 6.45) is 1.84. The van der Waals surface area contributed by atoms with Crippen molar-refractivity contribution >= 4 is 44.8 Å². The molecule has 0 aliphatic carbocycles. The molecular weight excluding hydrogens is 433 g/mol. The van der Waals surface area contributed by atoms with E-state index in [0.29, 0.717) is 11.3 Å². The number of carbonyl (C=O) groups excluding carboxylic acids is 1. The molecule has 0 atom stereocenters. The van der Waals surface area contributed by atoms with Crippen molar-refractivity contribution in [1.82, 2.24) is 9.80 Å². The molecule has 9 heteroatoms. The van der Waals surface area contributed by atoms with Gasteiger partial charge in [-0.2, -0.15) is 0 Å². The highest BCUT2D eigenvalue weighted by molar-refractivity contribution is 7.92. The Morgan fingerprint density at radius 1 is 1.10 bits per heavy atom. The minimum atomic E-state index is -3.87. The fraction of sp³-hybridized carbons (Fsp3) is 0.350. The van der Waals surface area contributed by atoms with Gasteiger partial charge in [-0.25, -0.2) is 8.42 Å². The van der Waals surface area contributed by atoms with E-state index in [1.165, 1.54) is 18.2 Å². The summed E-state index contributed by atoms with van der Waals surface area (Å²) >= 11 is 11.8. The summed E-state index contributed by atoms with van der Waals surface area (Å²) in [5.41, 5.74) is 0.736. The number of piperidine rings is 1. The number of likely N-dealkylation sites (tertiary alicyclic amines) is 1. The quantitative estimate of drug-likeness (QED) is 0.740.